The normalized spacial score (nSPS) is 25.5. The van der Waals surface area contributed by atoms with Crippen molar-refractivity contribution in [3.05, 3.63) is 130 Å². The second-order valence-electron chi connectivity index (χ2n) is 14.7. The third kappa shape index (κ3) is 7.04. The van der Waals surface area contributed by atoms with Crippen LogP contribution in [0.15, 0.2) is 97.1 Å². The SMILES string of the molecule is C[C@@H]1[C@H](CN2CCC[C@H]2CN2CCCC2)O[C@H](c2cccc(-c3cccc(CN4C(=O)c5ccccc5C4=O)c3)c2)O[C@@H]1c1ccc(CO)cc1. The van der Waals surface area contributed by atoms with E-state index in [0.717, 1.165) is 53.0 Å². The first-order valence-corrected chi connectivity index (χ1v) is 18.6. The molecule has 0 bridgehead atoms. The van der Waals surface area contributed by atoms with E-state index in [-0.39, 0.29) is 43.1 Å². The highest BCUT2D eigenvalue weighted by Gasteiger charge is 2.41. The predicted molar refractivity (Wildman–Crippen MR) is 196 cm³/mol. The van der Waals surface area contributed by atoms with Crippen LogP contribution in [-0.4, -0.2) is 76.5 Å². The number of aliphatic hydroxyl groups excluding tert-OH is 1. The van der Waals surface area contributed by atoms with Crippen molar-refractivity contribution >= 4 is 11.8 Å². The van der Waals surface area contributed by atoms with E-state index in [1.54, 1.807) is 24.3 Å². The van der Waals surface area contributed by atoms with Crippen LogP contribution in [0.25, 0.3) is 11.1 Å². The van der Waals surface area contributed by atoms with Gasteiger partial charge in [0.25, 0.3) is 11.8 Å². The van der Waals surface area contributed by atoms with Gasteiger partial charge in [0.15, 0.2) is 6.29 Å². The van der Waals surface area contributed by atoms with Gasteiger partial charge < -0.3 is 19.5 Å². The van der Waals surface area contributed by atoms with E-state index in [2.05, 4.69) is 59.2 Å². The molecule has 0 aromatic heterocycles. The molecular formula is C43H47N3O5. The lowest BCUT2D eigenvalue weighted by atomic mass is 9.89. The van der Waals surface area contributed by atoms with Crippen LogP contribution in [0.1, 0.15) is 88.0 Å². The highest BCUT2D eigenvalue weighted by atomic mass is 16.7. The van der Waals surface area contributed by atoms with Gasteiger partial charge in [-0.2, -0.15) is 0 Å². The Kier molecular flexibility index (Phi) is 9.86. The second kappa shape index (κ2) is 14.8. The molecule has 5 atom stereocenters. The topological polar surface area (TPSA) is 82.6 Å². The highest BCUT2D eigenvalue weighted by Crippen LogP contribution is 2.43. The molecule has 3 fully saturated rings. The van der Waals surface area contributed by atoms with E-state index < -0.39 is 6.29 Å². The van der Waals surface area contributed by atoms with E-state index in [4.69, 9.17) is 9.47 Å². The summed E-state index contributed by atoms with van der Waals surface area (Å²) >= 11 is 0. The van der Waals surface area contributed by atoms with Gasteiger partial charge in [-0.3, -0.25) is 19.4 Å². The van der Waals surface area contributed by atoms with Crippen LogP contribution in [0.4, 0.5) is 0 Å². The Morgan fingerprint density at radius 2 is 1.41 bits per heavy atom. The Morgan fingerprint density at radius 1 is 0.706 bits per heavy atom. The van der Waals surface area contributed by atoms with Gasteiger partial charge in [0.1, 0.15) is 0 Å². The number of likely N-dealkylation sites (tertiary alicyclic amines) is 2. The van der Waals surface area contributed by atoms with Crippen molar-refractivity contribution in [2.75, 3.05) is 32.7 Å². The number of ether oxygens (including phenoxy) is 2. The molecule has 51 heavy (non-hydrogen) atoms. The summed E-state index contributed by atoms with van der Waals surface area (Å²) < 4.78 is 13.8. The van der Waals surface area contributed by atoms with Crippen molar-refractivity contribution in [1.29, 1.82) is 0 Å². The van der Waals surface area contributed by atoms with E-state index in [1.165, 1.54) is 43.7 Å². The van der Waals surface area contributed by atoms with Gasteiger partial charge in [-0.15, -0.1) is 0 Å². The Balaban J connectivity index is 1.04. The zero-order valence-corrected chi connectivity index (χ0v) is 29.3. The lowest BCUT2D eigenvalue weighted by Crippen LogP contribution is -2.48. The summed E-state index contributed by atoms with van der Waals surface area (Å²) in [5.41, 5.74) is 6.71. The minimum Gasteiger partial charge on any atom is -0.392 e. The third-order valence-corrected chi connectivity index (χ3v) is 11.3. The summed E-state index contributed by atoms with van der Waals surface area (Å²) in [7, 11) is 0. The molecule has 0 saturated carbocycles. The van der Waals surface area contributed by atoms with Gasteiger partial charge in [0, 0.05) is 30.6 Å². The smallest absolute Gasteiger partial charge is 0.261 e. The van der Waals surface area contributed by atoms with Crippen LogP contribution in [0.3, 0.4) is 0 Å². The molecule has 0 spiro atoms. The number of fused-ring (bicyclic) bond motifs is 1. The number of imide groups is 1. The maximum Gasteiger partial charge on any atom is 0.261 e. The first-order chi connectivity index (χ1) is 24.9. The molecule has 4 aromatic carbocycles. The third-order valence-electron chi connectivity index (χ3n) is 11.3. The minimum absolute atomic E-state index is 0.00930. The number of benzene rings is 4. The van der Waals surface area contributed by atoms with Gasteiger partial charge in [-0.25, -0.2) is 0 Å². The predicted octanol–water partition coefficient (Wildman–Crippen LogP) is 6.99. The summed E-state index contributed by atoms with van der Waals surface area (Å²) in [6, 6.07) is 32.0. The van der Waals surface area contributed by atoms with Gasteiger partial charge in [-0.05, 0) is 97.4 Å². The van der Waals surface area contributed by atoms with Crippen molar-refractivity contribution in [2.24, 2.45) is 5.92 Å². The number of carbonyl (C=O) groups is 2. The molecule has 264 valence electrons. The lowest BCUT2D eigenvalue weighted by Gasteiger charge is -2.43. The molecule has 0 radical (unpaired) electrons. The lowest BCUT2D eigenvalue weighted by molar-refractivity contribution is -0.276. The molecule has 4 aromatic rings. The van der Waals surface area contributed by atoms with Gasteiger partial charge in [0.05, 0.1) is 36.5 Å². The maximum absolute atomic E-state index is 13.1. The average Bonchev–Trinajstić information content (AvgIpc) is 3.91. The van der Waals surface area contributed by atoms with Crippen LogP contribution in [0.2, 0.25) is 0 Å². The number of amides is 2. The molecule has 4 heterocycles. The van der Waals surface area contributed by atoms with Crippen LogP contribution < -0.4 is 0 Å². The average molecular weight is 686 g/mol. The Bertz CT molecular complexity index is 1840. The summed E-state index contributed by atoms with van der Waals surface area (Å²) in [6.07, 6.45) is 4.31. The largest absolute Gasteiger partial charge is 0.392 e. The fourth-order valence-electron chi connectivity index (χ4n) is 8.44. The maximum atomic E-state index is 13.1. The zero-order valence-electron chi connectivity index (χ0n) is 29.3. The van der Waals surface area contributed by atoms with Gasteiger partial charge >= 0.3 is 0 Å². The molecule has 8 nitrogen and oxygen atoms in total. The van der Waals surface area contributed by atoms with Gasteiger partial charge in [-0.1, -0.05) is 79.7 Å². The minimum atomic E-state index is -0.560. The molecule has 4 aliphatic heterocycles. The molecule has 8 heteroatoms. The van der Waals surface area contributed by atoms with E-state index in [0.29, 0.717) is 17.2 Å². The monoisotopic (exact) mass is 685 g/mol. The van der Waals surface area contributed by atoms with E-state index >= 15 is 0 Å². The molecule has 4 aliphatic rings. The summed E-state index contributed by atoms with van der Waals surface area (Å²) in [4.78, 5) is 32.7. The quantitative estimate of drug-likeness (QED) is 0.180. The number of hydrogen-bond acceptors (Lipinski definition) is 7. The first kappa shape index (κ1) is 33.9. The van der Waals surface area contributed by atoms with Crippen molar-refractivity contribution in [3.8, 4) is 11.1 Å². The zero-order chi connectivity index (χ0) is 34.9. The first-order valence-electron chi connectivity index (χ1n) is 18.6. The number of rotatable bonds is 10. The summed E-state index contributed by atoms with van der Waals surface area (Å²) in [5.74, 6) is -0.387. The molecule has 0 aliphatic carbocycles. The number of nitrogens with zero attached hydrogens (tertiary/aromatic N) is 3. The molecule has 0 unspecified atom stereocenters. The van der Waals surface area contributed by atoms with E-state index in [9.17, 15) is 14.7 Å². The van der Waals surface area contributed by atoms with E-state index in [1.807, 2.05) is 30.3 Å². The summed E-state index contributed by atoms with van der Waals surface area (Å²) in [5, 5.41) is 9.69. The van der Waals surface area contributed by atoms with Gasteiger partial charge in [0.2, 0.25) is 0 Å². The Morgan fingerprint density at radius 3 is 2.14 bits per heavy atom. The highest BCUT2D eigenvalue weighted by molar-refractivity contribution is 6.21. The standard InChI is InChI=1S/C43H47N3O5/c1-29-39(27-45-22-8-13-36(45)26-44-20-4-5-21-44)50-43(51-40(29)32-18-16-30(28-47)17-19-32)35-12-7-11-34(24-35)33-10-6-9-31(23-33)25-46-41(48)37-14-2-3-15-38(37)42(46)49/h2-3,6-7,9-12,14-19,23-24,29,36,39-40,43,47H,4-5,8,13,20-22,25-28H2,1H3/t29-,36+,39+,40+,43+/m1/s1. The van der Waals surface area contributed by atoms with Crippen LogP contribution >= 0.6 is 0 Å². The molecular weight excluding hydrogens is 638 g/mol. The van der Waals surface area contributed by atoms with Crippen LogP contribution in [0.5, 0.6) is 0 Å². The van der Waals surface area contributed by atoms with Crippen molar-refractivity contribution in [2.45, 2.75) is 70.3 Å². The number of carbonyl (C=O) groups excluding carboxylic acids is 2. The van der Waals surface area contributed by atoms with Crippen molar-refractivity contribution in [1.82, 2.24) is 14.7 Å². The van der Waals surface area contributed by atoms with Crippen molar-refractivity contribution < 1.29 is 24.2 Å². The Hall–Kier alpha value is -4.18. The van der Waals surface area contributed by atoms with Crippen LogP contribution in [-0.2, 0) is 22.6 Å². The van der Waals surface area contributed by atoms with Crippen molar-refractivity contribution in [3.63, 3.8) is 0 Å². The molecule has 2 amide bonds. The molecule has 1 N–H and O–H groups in total. The fraction of sp³-hybridized carbons (Fsp3) is 0.395. The van der Waals surface area contributed by atoms with Crippen LogP contribution in [0, 0.1) is 5.92 Å². The number of hydrogen-bond donors (Lipinski definition) is 1. The number of aliphatic hydroxyl groups is 1. The fourth-order valence-corrected chi connectivity index (χ4v) is 8.44. The second-order valence-corrected chi connectivity index (χ2v) is 14.7. The summed E-state index contributed by atoms with van der Waals surface area (Å²) in [6.45, 7) is 7.99. The molecule has 3 saturated heterocycles. The molecule has 8 rings (SSSR count). The Labute approximate surface area is 300 Å².